The van der Waals surface area contributed by atoms with E-state index in [0.717, 1.165) is 28.6 Å². The van der Waals surface area contributed by atoms with Gasteiger partial charge in [0.15, 0.2) is 5.17 Å². The first-order valence-corrected chi connectivity index (χ1v) is 10.1. The number of rotatable bonds is 4. The van der Waals surface area contributed by atoms with Gasteiger partial charge in [-0.1, -0.05) is 55.9 Å². The topological polar surface area (TPSA) is 32.7 Å². The molecule has 1 fully saturated rings. The molecule has 0 unspecified atom stereocenters. The summed E-state index contributed by atoms with van der Waals surface area (Å²) < 4.78 is 13.0. The molecule has 1 heterocycles. The van der Waals surface area contributed by atoms with E-state index in [-0.39, 0.29) is 11.7 Å². The van der Waals surface area contributed by atoms with Crippen LogP contribution in [0.4, 0.5) is 10.1 Å². The number of thioether (sulfide) groups is 1. The number of hydrogen-bond donors (Lipinski definition) is 0. The van der Waals surface area contributed by atoms with Crippen LogP contribution in [-0.2, 0) is 4.79 Å². The lowest BCUT2D eigenvalue weighted by molar-refractivity contribution is -0.122. The van der Waals surface area contributed by atoms with Crippen molar-refractivity contribution in [3.05, 3.63) is 71.6 Å². The quantitative estimate of drug-likeness (QED) is 0.643. The average Bonchev–Trinajstić information content (AvgIpc) is 2.68. The highest BCUT2D eigenvalue weighted by Gasteiger charge is 2.22. The smallest absolute Gasteiger partial charge is 0.252 e. The zero-order valence-corrected chi connectivity index (χ0v) is 16.4. The Balaban J connectivity index is 1.83. The third-order valence-corrected chi connectivity index (χ3v) is 5.38. The molecule has 1 aliphatic heterocycles. The largest absolute Gasteiger partial charge is 0.288 e. The van der Waals surface area contributed by atoms with Crippen LogP contribution < -0.4 is 0 Å². The summed E-state index contributed by atoms with van der Waals surface area (Å²) in [6.07, 6.45) is 4.18. The van der Waals surface area contributed by atoms with Gasteiger partial charge in [-0.15, -0.1) is 0 Å². The first-order valence-electron chi connectivity index (χ1n) is 9.10. The lowest BCUT2D eigenvalue weighted by atomic mass is 10.0. The number of benzene rings is 2. The summed E-state index contributed by atoms with van der Waals surface area (Å²) in [5.74, 6) is 0.923. The lowest BCUT2D eigenvalue weighted by Gasteiger charge is -2.27. The normalized spacial score (nSPS) is 16.4. The molecule has 0 atom stereocenters. The minimum absolute atomic E-state index is 0.104. The van der Waals surface area contributed by atoms with Crippen molar-refractivity contribution in [2.24, 2.45) is 4.99 Å². The molecule has 3 rings (SSSR count). The van der Waals surface area contributed by atoms with Gasteiger partial charge in [0.05, 0.1) is 5.69 Å². The molecule has 0 spiro atoms. The van der Waals surface area contributed by atoms with Crippen molar-refractivity contribution in [3.63, 3.8) is 0 Å². The van der Waals surface area contributed by atoms with Crippen molar-refractivity contribution >= 4 is 34.6 Å². The molecule has 0 saturated carbocycles. The fourth-order valence-electron chi connectivity index (χ4n) is 2.87. The van der Waals surface area contributed by atoms with Crippen LogP contribution in [0, 0.1) is 5.82 Å². The van der Waals surface area contributed by atoms with E-state index >= 15 is 0 Å². The Morgan fingerprint density at radius 1 is 1.19 bits per heavy atom. The number of halogens is 1. The Labute approximate surface area is 164 Å². The number of hydrogen-bond acceptors (Lipinski definition) is 3. The van der Waals surface area contributed by atoms with E-state index in [1.807, 2.05) is 18.2 Å². The molecule has 0 N–H and O–H groups in total. The fourth-order valence-corrected chi connectivity index (χ4v) is 3.82. The zero-order valence-electron chi connectivity index (χ0n) is 15.6. The van der Waals surface area contributed by atoms with E-state index in [4.69, 9.17) is 4.99 Å². The molecule has 1 amide bonds. The van der Waals surface area contributed by atoms with Gasteiger partial charge in [0.25, 0.3) is 5.91 Å². The number of carbonyl (C=O) groups excluding carboxylic acids is 1. The maximum atomic E-state index is 13.0. The molecular weight excluding hydrogens is 359 g/mol. The van der Waals surface area contributed by atoms with Crippen LogP contribution in [0.2, 0.25) is 0 Å². The molecule has 0 aliphatic carbocycles. The lowest BCUT2D eigenvalue weighted by Crippen LogP contribution is -2.38. The summed E-state index contributed by atoms with van der Waals surface area (Å²) in [5, 5.41) is 0.739. The molecule has 140 valence electrons. The number of amidine groups is 1. The van der Waals surface area contributed by atoms with Gasteiger partial charge in [-0.25, -0.2) is 9.38 Å². The van der Waals surface area contributed by atoms with E-state index in [9.17, 15) is 9.18 Å². The van der Waals surface area contributed by atoms with Gasteiger partial charge < -0.3 is 0 Å². The minimum atomic E-state index is -0.288. The monoisotopic (exact) mass is 382 g/mol. The molecule has 2 aromatic carbocycles. The van der Waals surface area contributed by atoms with Crippen LogP contribution in [0.1, 0.15) is 37.3 Å². The van der Waals surface area contributed by atoms with Crippen molar-refractivity contribution in [2.45, 2.75) is 26.2 Å². The predicted molar refractivity (Wildman–Crippen MR) is 112 cm³/mol. The first kappa shape index (κ1) is 19.4. The Morgan fingerprint density at radius 3 is 2.67 bits per heavy atom. The molecule has 3 nitrogen and oxygen atoms in total. The van der Waals surface area contributed by atoms with E-state index in [1.165, 1.54) is 23.8 Å². The predicted octanol–water partition coefficient (Wildman–Crippen LogP) is 5.62. The number of nitrogens with zero attached hydrogens (tertiary/aromatic N) is 2. The Hall–Kier alpha value is -2.40. The summed E-state index contributed by atoms with van der Waals surface area (Å²) in [4.78, 5) is 19.3. The second-order valence-corrected chi connectivity index (χ2v) is 7.75. The van der Waals surface area contributed by atoms with Gasteiger partial charge in [0.1, 0.15) is 5.82 Å². The number of carbonyl (C=O) groups is 1. The fraction of sp³-hybridized carbons (Fsp3) is 0.273. The second-order valence-electron chi connectivity index (χ2n) is 6.68. The van der Waals surface area contributed by atoms with Crippen LogP contribution in [0.15, 0.2) is 59.6 Å². The highest BCUT2D eigenvalue weighted by atomic mass is 32.2. The molecule has 0 radical (unpaired) electrons. The first-order chi connectivity index (χ1) is 13.0. The Bertz CT molecular complexity index is 859. The van der Waals surface area contributed by atoms with Crippen molar-refractivity contribution in [2.75, 3.05) is 12.3 Å². The molecule has 2 aromatic rings. The van der Waals surface area contributed by atoms with E-state index in [0.29, 0.717) is 12.5 Å². The summed E-state index contributed by atoms with van der Waals surface area (Å²) in [6.45, 7) is 4.94. The third kappa shape index (κ3) is 5.07. The van der Waals surface area contributed by atoms with Gasteiger partial charge in [-0.3, -0.25) is 9.69 Å². The SMILES string of the molecule is CC(C)c1ccccc1N=C1SCCCN1C(=O)/C=C/c1ccc(F)cc1. The average molecular weight is 383 g/mol. The van der Waals surface area contributed by atoms with E-state index in [1.54, 1.807) is 34.9 Å². The second kappa shape index (κ2) is 9.00. The Kier molecular flexibility index (Phi) is 6.45. The van der Waals surface area contributed by atoms with Crippen molar-refractivity contribution < 1.29 is 9.18 Å². The van der Waals surface area contributed by atoms with Crippen LogP contribution in [-0.4, -0.2) is 28.3 Å². The maximum absolute atomic E-state index is 13.0. The third-order valence-electron chi connectivity index (χ3n) is 4.32. The molecule has 0 aromatic heterocycles. The molecular formula is C22H23FN2OS. The summed E-state index contributed by atoms with van der Waals surface area (Å²) in [6, 6.07) is 14.1. The zero-order chi connectivity index (χ0) is 19.2. The summed E-state index contributed by atoms with van der Waals surface area (Å²) in [5.41, 5.74) is 2.88. The molecule has 1 aliphatic rings. The van der Waals surface area contributed by atoms with Crippen LogP contribution >= 0.6 is 11.8 Å². The van der Waals surface area contributed by atoms with Gasteiger partial charge in [0, 0.05) is 18.4 Å². The highest BCUT2D eigenvalue weighted by Crippen LogP contribution is 2.29. The molecule has 5 heteroatoms. The molecule has 1 saturated heterocycles. The summed E-state index contributed by atoms with van der Waals surface area (Å²) >= 11 is 1.61. The van der Waals surface area contributed by atoms with Crippen molar-refractivity contribution in [1.82, 2.24) is 4.90 Å². The maximum Gasteiger partial charge on any atom is 0.252 e. The standard InChI is InChI=1S/C22H23FN2OS/c1-16(2)19-6-3-4-7-20(19)24-22-25(14-5-15-27-22)21(26)13-10-17-8-11-18(23)12-9-17/h3-4,6-13,16H,5,14-15H2,1-2H3/b13-10+,24-22?. The highest BCUT2D eigenvalue weighted by molar-refractivity contribution is 8.13. The van der Waals surface area contributed by atoms with Crippen LogP contribution in [0.3, 0.4) is 0 Å². The minimum Gasteiger partial charge on any atom is -0.288 e. The van der Waals surface area contributed by atoms with Crippen molar-refractivity contribution in [3.8, 4) is 0 Å². The van der Waals surface area contributed by atoms with Gasteiger partial charge in [-0.2, -0.15) is 0 Å². The van der Waals surface area contributed by atoms with Crippen LogP contribution in [0.25, 0.3) is 6.08 Å². The van der Waals surface area contributed by atoms with Gasteiger partial charge in [0.2, 0.25) is 0 Å². The van der Waals surface area contributed by atoms with Crippen LogP contribution in [0.5, 0.6) is 0 Å². The van der Waals surface area contributed by atoms with Crippen molar-refractivity contribution in [1.29, 1.82) is 0 Å². The van der Waals surface area contributed by atoms with Gasteiger partial charge >= 0.3 is 0 Å². The summed E-state index contributed by atoms with van der Waals surface area (Å²) in [7, 11) is 0. The number of amides is 1. The number of aliphatic imine (C=N–C) groups is 1. The van der Waals surface area contributed by atoms with Gasteiger partial charge in [-0.05, 0) is 47.7 Å². The molecule has 0 bridgehead atoms. The Morgan fingerprint density at radius 2 is 1.93 bits per heavy atom. The number of para-hydroxylation sites is 1. The molecule has 27 heavy (non-hydrogen) atoms. The van der Waals surface area contributed by atoms with E-state index in [2.05, 4.69) is 19.9 Å². The van der Waals surface area contributed by atoms with E-state index < -0.39 is 0 Å².